The molecule has 0 aliphatic carbocycles. The molecule has 26 heavy (non-hydrogen) atoms. The summed E-state index contributed by atoms with van der Waals surface area (Å²) in [6.07, 6.45) is -1.11. The van der Waals surface area contributed by atoms with E-state index in [4.69, 9.17) is 9.47 Å². The van der Waals surface area contributed by atoms with Gasteiger partial charge in [-0.2, -0.15) is 4.31 Å². The molecule has 1 fully saturated rings. The Bertz CT molecular complexity index is 804. The highest BCUT2D eigenvalue weighted by Crippen LogP contribution is 2.19. The molecule has 0 unspecified atom stereocenters. The molecule has 0 radical (unpaired) electrons. The lowest BCUT2D eigenvalue weighted by molar-refractivity contribution is -0.160. The molecule has 1 amide bonds. The van der Waals surface area contributed by atoms with Crippen molar-refractivity contribution < 1.29 is 32.3 Å². The molecule has 1 aromatic rings. The van der Waals surface area contributed by atoms with E-state index in [1.807, 2.05) is 0 Å². The minimum absolute atomic E-state index is 0.0456. The average molecular weight is 384 g/mol. The van der Waals surface area contributed by atoms with Gasteiger partial charge in [-0.1, -0.05) is 0 Å². The smallest absolute Gasteiger partial charge is 0.347 e. The predicted octanol–water partition coefficient (Wildman–Crippen LogP) is 0.513. The molecule has 1 aliphatic heterocycles. The van der Waals surface area contributed by atoms with E-state index in [0.29, 0.717) is 5.69 Å². The third-order valence-electron chi connectivity index (χ3n) is 3.63. The van der Waals surface area contributed by atoms with Gasteiger partial charge in [0.15, 0.2) is 0 Å². The van der Waals surface area contributed by atoms with E-state index in [-0.39, 0.29) is 23.3 Å². The second kappa shape index (κ2) is 7.83. The molecule has 1 aromatic carbocycles. The Kier molecular flexibility index (Phi) is 5.98. The molecule has 2 atom stereocenters. The molecule has 0 saturated carbocycles. The van der Waals surface area contributed by atoms with E-state index in [2.05, 4.69) is 5.32 Å². The molecular formula is C16H20N2O7S. The van der Waals surface area contributed by atoms with Gasteiger partial charge in [-0.3, -0.25) is 9.59 Å². The summed E-state index contributed by atoms with van der Waals surface area (Å²) in [5, 5.41) is 2.53. The zero-order valence-corrected chi connectivity index (χ0v) is 15.4. The fourth-order valence-corrected chi connectivity index (χ4v) is 3.49. The highest BCUT2D eigenvalue weighted by atomic mass is 32.2. The highest BCUT2D eigenvalue weighted by Gasteiger charge is 2.35. The number of cyclic esters (lactones) is 1. The van der Waals surface area contributed by atoms with Crippen LogP contribution in [-0.4, -0.2) is 56.4 Å². The topological polar surface area (TPSA) is 119 Å². The number of nitrogens with zero attached hydrogens (tertiary/aromatic N) is 1. The van der Waals surface area contributed by atoms with E-state index < -0.39 is 34.6 Å². The number of hydrogen-bond donors (Lipinski definition) is 1. The zero-order chi connectivity index (χ0) is 19.5. The van der Waals surface area contributed by atoms with Crippen LogP contribution in [0.5, 0.6) is 0 Å². The lowest BCUT2D eigenvalue weighted by Crippen LogP contribution is -2.35. The van der Waals surface area contributed by atoms with Gasteiger partial charge in [-0.15, -0.1) is 0 Å². The molecule has 1 N–H and O–H groups in total. The fourth-order valence-electron chi connectivity index (χ4n) is 2.37. The van der Waals surface area contributed by atoms with E-state index in [1.54, 1.807) is 6.92 Å². The summed E-state index contributed by atoms with van der Waals surface area (Å²) in [6, 6.07) is 5.52. The number of anilines is 1. The van der Waals surface area contributed by atoms with Crippen molar-refractivity contribution in [1.82, 2.24) is 4.31 Å². The number of nitrogens with one attached hydrogen (secondary N) is 1. The molecule has 1 saturated heterocycles. The van der Waals surface area contributed by atoms with Crippen LogP contribution in [0.25, 0.3) is 0 Å². The van der Waals surface area contributed by atoms with Crippen LogP contribution in [0.3, 0.4) is 0 Å². The third-order valence-corrected chi connectivity index (χ3v) is 5.45. The first-order valence-electron chi connectivity index (χ1n) is 7.83. The highest BCUT2D eigenvalue weighted by molar-refractivity contribution is 7.89. The number of rotatable bonds is 6. The number of carbonyl (C=O) groups excluding carboxylic acids is 3. The molecule has 0 spiro atoms. The number of hydrogen-bond acceptors (Lipinski definition) is 7. The maximum atomic E-state index is 12.5. The van der Waals surface area contributed by atoms with Gasteiger partial charge in [0.1, 0.15) is 12.6 Å². The van der Waals surface area contributed by atoms with Gasteiger partial charge in [0, 0.05) is 26.1 Å². The van der Waals surface area contributed by atoms with E-state index in [0.717, 1.165) is 4.31 Å². The van der Waals surface area contributed by atoms with Crippen LogP contribution in [0, 0.1) is 0 Å². The summed E-state index contributed by atoms with van der Waals surface area (Å²) in [5.74, 6) is -1.76. The lowest BCUT2D eigenvalue weighted by Gasteiger charge is -2.17. The number of benzene rings is 1. The molecule has 142 valence electrons. The van der Waals surface area contributed by atoms with Crippen molar-refractivity contribution >= 4 is 33.6 Å². The van der Waals surface area contributed by atoms with E-state index in [1.165, 1.54) is 38.2 Å². The summed E-state index contributed by atoms with van der Waals surface area (Å²) in [5.41, 5.74) is 0.451. The van der Waals surface area contributed by atoms with Crippen molar-refractivity contribution in [1.29, 1.82) is 0 Å². The zero-order valence-electron chi connectivity index (χ0n) is 14.6. The second-order valence-electron chi connectivity index (χ2n) is 5.93. The Morgan fingerprint density at radius 1 is 1.31 bits per heavy atom. The van der Waals surface area contributed by atoms with Gasteiger partial charge in [0.25, 0.3) is 0 Å². The van der Waals surface area contributed by atoms with Gasteiger partial charge in [-0.25, -0.2) is 13.2 Å². The van der Waals surface area contributed by atoms with E-state index in [9.17, 15) is 22.8 Å². The average Bonchev–Trinajstić information content (AvgIpc) is 2.84. The third kappa shape index (κ3) is 4.79. The first kappa shape index (κ1) is 19.9. The molecule has 2 rings (SSSR count). The summed E-state index contributed by atoms with van der Waals surface area (Å²) in [6.45, 7) is 2.46. The maximum Gasteiger partial charge on any atom is 0.347 e. The number of amides is 1. The molecule has 1 aliphatic rings. The van der Waals surface area contributed by atoms with Crippen molar-refractivity contribution in [3.05, 3.63) is 24.3 Å². The van der Waals surface area contributed by atoms with Crippen molar-refractivity contribution in [3.63, 3.8) is 0 Å². The van der Waals surface area contributed by atoms with Crippen molar-refractivity contribution in [3.8, 4) is 0 Å². The van der Waals surface area contributed by atoms with Crippen molar-refractivity contribution in [2.45, 2.75) is 37.4 Å². The Balaban J connectivity index is 2.00. The van der Waals surface area contributed by atoms with Gasteiger partial charge < -0.3 is 14.8 Å². The van der Waals surface area contributed by atoms with Crippen LogP contribution in [0.1, 0.15) is 20.3 Å². The Hall–Kier alpha value is -2.46. The quantitative estimate of drug-likeness (QED) is 0.710. The summed E-state index contributed by atoms with van der Waals surface area (Å²) >= 11 is 0. The summed E-state index contributed by atoms with van der Waals surface area (Å²) in [4.78, 5) is 34.3. The van der Waals surface area contributed by atoms with Crippen molar-refractivity contribution in [2.24, 2.45) is 0 Å². The van der Waals surface area contributed by atoms with Crippen LogP contribution in [0.2, 0.25) is 0 Å². The Labute approximate surface area is 151 Å². The number of ether oxygens (including phenoxy) is 2. The SMILES string of the molecule is CC(=O)Nc1ccc(S(=O)(=O)N(C)CC(=O)O[C@@H]2C[C@@H](C)OC2=O)cc1. The Morgan fingerprint density at radius 2 is 1.92 bits per heavy atom. The maximum absolute atomic E-state index is 12.5. The fraction of sp³-hybridized carbons (Fsp3) is 0.438. The van der Waals surface area contributed by atoms with Crippen LogP contribution in [0.4, 0.5) is 5.69 Å². The predicted molar refractivity (Wildman–Crippen MR) is 90.6 cm³/mol. The van der Waals surface area contributed by atoms with Crippen LogP contribution in [0.15, 0.2) is 29.2 Å². The van der Waals surface area contributed by atoms with Gasteiger partial charge in [-0.05, 0) is 31.2 Å². The van der Waals surface area contributed by atoms with Crippen molar-refractivity contribution in [2.75, 3.05) is 18.9 Å². The van der Waals surface area contributed by atoms with Crippen LogP contribution < -0.4 is 5.32 Å². The normalized spacial score (nSPS) is 19.9. The second-order valence-corrected chi connectivity index (χ2v) is 7.97. The Morgan fingerprint density at radius 3 is 2.42 bits per heavy atom. The molecule has 1 heterocycles. The first-order chi connectivity index (χ1) is 12.1. The molecule has 10 heteroatoms. The summed E-state index contributed by atoms with van der Waals surface area (Å²) in [7, 11) is -2.70. The number of likely N-dealkylation sites (N-methyl/N-ethyl adjacent to an activating group) is 1. The molecular weight excluding hydrogens is 364 g/mol. The summed E-state index contributed by atoms with van der Waals surface area (Å²) < 4.78 is 35.7. The van der Waals surface area contributed by atoms with Crippen LogP contribution >= 0.6 is 0 Å². The molecule has 9 nitrogen and oxygen atoms in total. The van der Waals surface area contributed by atoms with E-state index >= 15 is 0 Å². The molecule has 0 bridgehead atoms. The number of esters is 2. The minimum Gasteiger partial charge on any atom is -0.460 e. The van der Waals surface area contributed by atoms with Crippen LogP contribution in [-0.2, 0) is 33.9 Å². The number of sulfonamides is 1. The monoisotopic (exact) mass is 384 g/mol. The minimum atomic E-state index is -3.93. The first-order valence-corrected chi connectivity index (χ1v) is 9.27. The van der Waals surface area contributed by atoms with Gasteiger partial charge in [0.05, 0.1) is 4.90 Å². The molecule has 0 aromatic heterocycles. The van der Waals surface area contributed by atoms with Gasteiger partial charge in [0.2, 0.25) is 22.0 Å². The van der Waals surface area contributed by atoms with Gasteiger partial charge >= 0.3 is 11.9 Å². The largest absolute Gasteiger partial charge is 0.460 e. The standard InChI is InChI=1S/C16H20N2O7S/c1-10-8-14(16(21)24-10)25-15(20)9-18(3)26(22,23)13-6-4-12(5-7-13)17-11(2)19/h4-7,10,14H,8-9H2,1-3H3,(H,17,19)/t10-,14-/m1/s1. The number of carbonyl (C=O) groups is 3. The lowest BCUT2D eigenvalue weighted by atomic mass is 10.2.